The number of halogens is 1. The Labute approximate surface area is 114 Å². The Morgan fingerprint density at radius 3 is 2.28 bits per heavy atom. The van der Waals surface area contributed by atoms with Gasteiger partial charge in [-0.1, -0.05) is 6.92 Å². The van der Waals surface area contributed by atoms with Crippen molar-refractivity contribution in [3.63, 3.8) is 0 Å². The third-order valence-electron chi connectivity index (χ3n) is 4.23. The molecule has 1 aliphatic rings. The molecule has 0 amide bonds. The SMILES string of the molecule is Cc1c(C)c(S(=O)(=O)Cl)c(C)c2c1C(C)CCC2. The molecule has 0 bridgehead atoms. The topological polar surface area (TPSA) is 34.1 Å². The van der Waals surface area contributed by atoms with Crippen LogP contribution in [0.3, 0.4) is 0 Å². The Bertz CT molecular complexity index is 603. The van der Waals surface area contributed by atoms with Crippen LogP contribution in [-0.2, 0) is 15.5 Å². The van der Waals surface area contributed by atoms with Gasteiger partial charge in [-0.15, -0.1) is 0 Å². The summed E-state index contributed by atoms with van der Waals surface area (Å²) >= 11 is 0. The van der Waals surface area contributed by atoms with E-state index in [1.165, 1.54) is 17.5 Å². The Morgan fingerprint density at radius 1 is 1.11 bits per heavy atom. The van der Waals surface area contributed by atoms with E-state index in [-0.39, 0.29) is 0 Å². The molecule has 100 valence electrons. The van der Waals surface area contributed by atoms with E-state index in [1.807, 2.05) is 20.8 Å². The maximum absolute atomic E-state index is 11.8. The second-order valence-corrected chi connectivity index (χ2v) is 7.83. The van der Waals surface area contributed by atoms with Gasteiger partial charge in [0.25, 0.3) is 9.05 Å². The van der Waals surface area contributed by atoms with Crippen LogP contribution in [0.1, 0.15) is 53.5 Å². The van der Waals surface area contributed by atoms with Gasteiger partial charge in [0.1, 0.15) is 0 Å². The Hall–Kier alpha value is -0.540. The maximum Gasteiger partial charge on any atom is 0.261 e. The molecule has 1 aromatic carbocycles. The highest BCUT2D eigenvalue weighted by atomic mass is 35.7. The number of hydrogen-bond acceptors (Lipinski definition) is 2. The lowest BCUT2D eigenvalue weighted by atomic mass is 9.78. The van der Waals surface area contributed by atoms with Crippen LogP contribution in [0.25, 0.3) is 0 Å². The Balaban J connectivity index is 2.87. The Kier molecular flexibility index (Phi) is 3.50. The van der Waals surface area contributed by atoms with Gasteiger partial charge in [-0.2, -0.15) is 0 Å². The van der Waals surface area contributed by atoms with Gasteiger partial charge in [0, 0.05) is 10.7 Å². The van der Waals surface area contributed by atoms with Crippen LogP contribution in [0.5, 0.6) is 0 Å². The molecule has 0 fully saturated rings. The molecule has 0 aromatic heterocycles. The number of fused-ring (bicyclic) bond motifs is 1. The number of hydrogen-bond donors (Lipinski definition) is 0. The first-order valence-electron chi connectivity index (χ1n) is 6.32. The van der Waals surface area contributed by atoms with Gasteiger partial charge < -0.3 is 0 Å². The van der Waals surface area contributed by atoms with Gasteiger partial charge >= 0.3 is 0 Å². The van der Waals surface area contributed by atoms with E-state index in [4.69, 9.17) is 10.7 Å². The first kappa shape index (κ1) is 13.9. The molecule has 2 nitrogen and oxygen atoms in total. The molecule has 0 saturated heterocycles. The van der Waals surface area contributed by atoms with Gasteiger partial charge in [0.15, 0.2) is 0 Å². The summed E-state index contributed by atoms with van der Waals surface area (Å²) in [4.78, 5) is 0.328. The van der Waals surface area contributed by atoms with Crippen molar-refractivity contribution in [1.82, 2.24) is 0 Å². The van der Waals surface area contributed by atoms with E-state index in [0.717, 1.165) is 29.5 Å². The van der Waals surface area contributed by atoms with Crippen molar-refractivity contribution in [3.8, 4) is 0 Å². The van der Waals surface area contributed by atoms with E-state index in [9.17, 15) is 8.42 Å². The lowest BCUT2D eigenvalue weighted by molar-refractivity contribution is 0.578. The molecule has 1 aromatic rings. The molecule has 0 spiro atoms. The number of rotatable bonds is 1. The average Bonchev–Trinajstić information content (AvgIpc) is 2.24. The van der Waals surface area contributed by atoms with E-state index >= 15 is 0 Å². The monoisotopic (exact) mass is 286 g/mol. The van der Waals surface area contributed by atoms with Crippen LogP contribution in [0.2, 0.25) is 0 Å². The lowest BCUT2D eigenvalue weighted by Crippen LogP contribution is -2.15. The highest BCUT2D eigenvalue weighted by molar-refractivity contribution is 8.13. The van der Waals surface area contributed by atoms with Gasteiger partial charge in [-0.3, -0.25) is 0 Å². The van der Waals surface area contributed by atoms with Gasteiger partial charge in [0.2, 0.25) is 0 Å². The summed E-state index contributed by atoms with van der Waals surface area (Å²) in [5.41, 5.74) is 5.32. The van der Waals surface area contributed by atoms with Crippen LogP contribution >= 0.6 is 10.7 Å². The molecule has 0 saturated carbocycles. The van der Waals surface area contributed by atoms with Crippen molar-refractivity contribution < 1.29 is 8.42 Å². The summed E-state index contributed by atoms with van der Waals surface area (Å²) in [6, 6.07) is 0. The predicted molar refractivity (Wildman–Crippen MR) is 75.0 cm³/mol. The van der Waals surface area contributed by atoms with Crippen molar-refractivity contribution in [2.75, 3.05) is 0 Å². The minimum atomic E-state index is -3.67. The second-order valence-electron chi connectivity index (χ2n) is 5.33. The molecule has 1 atom stereocenters. The summed E-state index contributed by atoms with van der Waals surface area (Å²) in [5, 5.41) is 0. The fourth-order valence-corrected chi connectivity index (χ4v) is 5.01. The molecule has 2 rings (SSSR count). The summed E-state index contributed by atoms with van der Waals surface area (Å²) in [6.07, 6.45) is 3.27. The average molecular weight is 287 g/mol. The second kappa shape index (κ2) is 4.53. The van der Waals surface area contributed by atoms with E-state index in [2.05, 4.69) is 6.92 Å². The van der Waals surface area contributed by atoms with Crippen molar-refractivity contribution in [2.45, 2.75) is 57.8 Å². The van der Waals surface area contributed by atoms with Crippen LogP contribution in [-0.4, -0.2) is 8.42 Å². The maximum atomic E-state index is 11.8. The molecular weight excluding hydrogens is 268 g/mol. The largest absolute Gasteiger partial charge is 0.261 e. The summed E-state index contributed by atoms with van der Waals surface area (Å²) in [7, 11) is 1.93. The molecular formula is C14H19ClO2S. The van der Waals surface area contributed by atoms with Crippen molar-refractivity contribution in [2.24, 2.45) is 0 Å². The van der Waals surface area contributed by atoms with Crippen LogP contribution in [0.4, 0.5) is 0 Å². The van der Waals surface area contributed by atoms with Crippen molar-refractivity contribution in [3.05, 3.63) is 27.8 Å². The third kappa shape index (κ3) is 2.08. The fraction of sp³-hybridized carbons (Fsp3) is 0.571. The van der Waals surface area contributed by atoms with E-state index < -0.39 is 9.05 Å². The molecule has 0 radical (unpaired) electrons. The molecule has 0 N–H and O–H groups in total. The zero-order valence-electron chi connectivity index (χ0n) is 11.3. The quantitative estimate of drug-likeness (QED) is 0.732. The summed E-state index contributed by atoms with van der Waals surface area (Å²) < 4.78 is 23.5. The first-order valence-corrected chi connectivity index (χ1v) is 8.63. The minimum absolute atomic E-state index is 0.328. The zero-order chi connectivity index (χ0) is 13.7. The molecule has 1 aliphatic carbocycles. The van der Waals surface area contributed by atoms with Crippen molar-refractivity contribution in [1.29, 1.82) is 0 Å². The minimum Gasteiger partial charge on any atom is -0.207 e. The van der Waals surface area contributed by atoms with Crippen molar-refractivity contribution >= 4 is 19.7 Å². The van der Waals surface area contributed by atoms with E-state index in [1.54, 1.807) is 0 Å². The smallest absolute Gasteiger partial charge is 0.207 e. The summed E-state index contributed by atoms with van der Waals surface area (Å²) in [5.74, 6) is 0.512. The lowest BCUT2D eigenvalue weighted by Gasteiger charge is -2.29. The van der Waals surface area contributed by atoms with Gasteiger partial charge in [0.05, 0.1) is 4.90 Å². The van der Waals surface area contributed by atoms with Crippen LogP contribution < -0.4 is 0 Å². The molecule has 0 aliphatic heterocycles. The Morgan fingerprint density at radius 2 is 1.72 bits per heavy atom. The summed E-state index contributed by atoms with van der Waals surface area (Å²) in [6.45, 7) is 7.98. The van der Waals surface area contributed by atoms with Crippen LogP contribution in [0.15, 0.2) is 4.90 Å². The van der Waals surface area contributed by atoms with Gasteiger partial charge in [-0.05, 0) is 73.8 Å². The first-order chi connectivity index (χ1) is 8.25. The number of benzene rings is 1. The fourth-order valence-electron chi connectivity index (χ4n) is 3.30. The molecule has 4 heteroatoms. The molecule has 1 unspecified atom stereocenters. The zero-order valence-corrected chi connectivity index (χ0v) is 12.9. The standard InChI is InChI=1S/C14H19ClO2S/c1-8-6-5-7-12-11(4)14(18(15,16)17)10(3)9(2)13(8)12/h8H,5-7H2,1-4H3. The van der Waals surface area contributed by atoms with Gasteiger partial charge in [-0.25, -0.2) is 8.42 Å². The molecule has 18 heavy (non-hydrogen) atoms. The highest BCUT2D eigenvalue weighted by Gasteiger charge is 2.28. The predicted octanol–water partition coefficient (Wildman–Crippen LogP) is 3.98. The third-order valence-corrected chi connectivity index (χ3v) is 5.79. The van der Waals surface area contributed by atoms with Crippen LogP contribution in [0, 0.1) is 20.8 Å². The highest BCUT2D eigenvalue weighted by Crippen LogP contribution is 2.40. The normalized spacial score (nSPS) is 19.7. The van der Waals surface area contributed by atoms with E-state index in [0.29, 0.717) is 10.8 Å². The molecule has 0 heterocycles.